The fourth-order valence-electron chi connectivity index (χ4n) is 3.02. The van der Waals surface area contributed by atoms with E-state index in [0.717, 1.165) is 24.8 Å². The molecule has 1 aliphatic heterocycles. The number of nitrogens with two attached hydrogens (primary N) is 1. The number of carbonyl (C=O) groups excluding carboxylic acids is 1. The summed E-state index contributed by atoms with van der Waals surface area (Å²) < 4.78 is 32.4. The van der Waals surface area contributed by atoms with Crippen molar-refractivity contribution in [3.05, 3.63) is 29.3 Å². The van der Waals surface area contributed by atoms with Crippen LogP contribution in [0.3, 0.4) is 0 Å². The van der Waals surface area contributed by atoms with Gasteiger partial charge in [0.1, 0.15) is 0 Å². The van der Waals surface area contributed by atoms with Gasteiger partial charge >= 0.3 is 5.97 Å². The fraction of sp³-hybridized carbons (Fsp3) is 0.562. The van der Waals surface area contributed by atoms with Crippen LogP contribution in [-0.4, -0.2) is 44.4 Å². The van der Waals surface area contributed by atoms with Gasteiger partial charge in [-0.25, -0.2) is 13.2 Å². The first kappa shape index (κ1) is 20.9. The minimum atomic E-state index is -3.81. The number of aryl methyl sites for hydroxylation is 1. The molecule has 24 heavy (non-hydrogen) atoms. The van der Waals surface area contributed by atoms with Crippen LogP contribution in [0.15, 0.2) is 23.1 Å². The number of nitrogens with zero attached hydrogens (tertiary/aromatic N) is 1. The smallest absolute Gasteiger partial charge is 0.339 e. The van der Waals surface area contributed by atoms with Gasteiger partial charge in [0.25, 0.3) is 0 Å². The van der Waals surface area contributed by atoms with Crippen LogP contribution in [0.5, 0.6) is 0 Å². The van der Waals surface area contributed by atoms with Crippen LogP contribution in [0.2, 0.25) is 0 Å². The van der Waals surface area contributed by atoms with E-state index >= 15 is 0 Å². The molecule has 2 N–H and O–H groups in total. The summed E-state index contributed by atoms with van der Waals surface area (Å²) in [6.07, 6.45) is 2.48. The number of methoxy groups -OCH3 is 1. The van der Waals surface area contributed by atoms with E-state index in [1.807, 2.05) is 6.92 Å². The standard InChI is InChI=1S/C16H24N2O4S.ClH/c1-11-7-8-15(13(10-11)16(19)22-3)23(20,21)18-9-5-4-6-14(18)12(2)17;/h7-8,10,12,14H,4-6,9,17H2,1-3H3;1H. The Kier molecular flexibility index (Phi) is 7.22. The normalized spacial score (nSPS) is 20.1. The SMILES string of the molecule is COC(=O)c1cc(C)ccc1S(=O)(=O)N1CCCCC1C(C)N.Cl. The average molecular weight is 377 g/mol. The van der Waals surface area contributed by atoms with Crippen molar-refractivity contribution in [2.24, 2.45) is 5.73 Å². The maximum Gasteiger partial charge on any atom is 0.339 e. The molecule has 0 radical (unpaired) electrons. The average Bonchev–Trinajstić information content (AvgIpc) is 2.53. The number of piperidine rings is 1. The van der Waals surface area contributed by atoms with Gasteiger partial charge in [-0.05, 0) is 38.8 Å². The molecular weight excluding hydrogens is 352 g/mol. The van der Waals surface area contributed by atoms with E-state index in [4.69, 9.17) is 10.5 Å². The van der Waals surface area contributed by atoms with Crippen molar-refractivity contribution in [1.82, 2.24) is 4.31 Å². The van der Waals surface area contributed by atoms with Crippen LogP contribution in [0.1, 0.15) is 42.1 Å². The summed E-state index contributed by atoms with van der Waals surface area (Å²) in [5.41, 5.74) is 6.85. The number of benzene rings is 1. The fourth-order valence-corrected chi connectivity index (χ4v) is 4.96. The van der Waals surface area contributed by atoms with Gasteiger partial charge in [-0.1, -0.05) is 18.1 Å². The predicted octanol–water partition coefficient (Wildman–Crippen LogP) is 2.09. The van der Waals surface area contributed by atoms with E-state index in [0.29, 0.717) is 6.54 Å². The molecule has 1 fully saturated rings. The number of halogens is 1. The lowest BCUT2D eigenvalue weighted by Crippen LogP contribution is -2.51. The van der Waals surface area contributed by atoms with E-state index in [1.165, 1.54) is 17.5 Å². The lowest BCUT2D eigenvalue weighted by atomic mass is 10.00. The summed E-state index contributed by atoms with van der Waals surface area (Å²) in [5, 5.41) is 0. The Hall–Kier alpha value is -1.15. The molecule has 136 valence electrons. The van der Waals surface area contributed by atoms with Gasteiger partial charge in [0.05, 0.1) is 17.6 Å². The van der Waals surface area contributed by atoms with Gasteiger partial charge in [-0.2, -0.15) is 4.31 Å². The quantitative estimate of drug-likeness (QED) is 0.812. The number of hydrogen-bond donors (Lipinski definition) is 1. The molecule has 0 spiro atoms. The number of rotatable bonds is 4. The van der Waals surface area contributed by atoms with Gasteiger partial charge in [0.2, 0.25) is 10.0 Å². The lowest BCUT2D eigenvalue weighted by Gasteiger charge is -2.37. The molecule has 0 bridgehead atoms. The molecule has 1 aliphatic rings. The highest BCUT2D eigenvalue weighted by atomic mass is 35.5. The third kappa shape index (κ3) is 4.08. The van der Waals surface area contributed by atoms with E-state index in [-0.39, 0.29) is 34.9 Å². The number of esters is 1. The maximum atomic E-state index is 13.1. The molecule has 2 atom stereocenters. The van der Waals surface area contributed by atoms with Crippen LogP contribution in [0.4, 0.5) is 0 Å². The van der Waals surface area contributed by atoms with Gasteiger partial charge in [-0.3, -0.25) is 0 Å². The predicted molar refractivity (Wildman–Crippen MR) is 94.9 cm³/mol. The first-order valence-electron chi connectivity index (χ1n) is 7.75. The largest absolute Gasteiger partial charge is 0.465 e. The number of carbonyl (C=O) groups is 1. The Bertz CT molecular complexity index is 691. The summed E-state index contributed by atoms with van der Waals surface area (Å²) in [4.78, 5) is 12.0. The Balaban J connectivity index is 0.00000288. The molecule has 2 unspecified atom stereocenters. The van der Waals surface area contributed by atoms with Crippen LogP contribution in [-0.2, 0) is 14.8 Å². The second-order valence-electron chi connectivity index (χ2n) is 6.03. The van der Waals surface area contributed by atoms with Crippen molar-refractivity contribution < 1.29 is 17.9 Å². The van der Waals surface area contributed by atoms with E-state index in [2.05, 4.69) is 0 Å². The van der Waals surface area contributed by atoms with Crippen LogP contribution >= 0.6 is 12.4 Å². The zero-order valence-electron chi connectivity index (χ0n) is 14.2. The summed E-state index contributed by atoms with van der Waals surface area (Å²) in [6, 6.07) is 4.19. The Morgan fingerprint density at radius 1 is 1.38 bits per heavy atom. The highest BCUT2D eigenvalue weighted by Gasteiger charge is 2.37. The summed E-state index contributed by atoms with van der Waals surface area (Å²) in [5.74, 6) is -0.651. The van der Waals surface area contributed by atoms with E-state index in [9.17, 15) is 13.2 Å². The molecule has 1 saturated heterocycles. The summed E-state index contributed by atoms with van der Waals surface area (Å²) >= 11 is 0. The van der Waals surface area contributed by atoms with Gasteiger partial charge < -0.3 is 10.5 Å². The summed E-state index contributed by atoms with van der Waals surface area (Å²) in [6.45, 7) is 4.03. The highest BCUT2D eigenvalue weighted by molar-refractivity contribution is 7.89. The van der Waals surface area contributed by atoms with Crippen molar-refractivity contribution in [3.8, 4) is 0 Å². The van der Waals surface area contributed by atoms with Crippen molar-refractivity contribution in [1.29, 1.82) is 0 Å². The van der Waals surface area contributed by atoms with Crippen molar-refractivity contribution >= 4 is 28.4 Å². The Labute approximate surface area is 149 Å². The molecule has 0 amide bonds. The van der Waals surface area contributed by atoms with Crippen LogP contribution in [0.25, 0.3) is 0 Å². The molecule has 2 rings (SSSR count). The summed E-state index contributed by atoms with van der Waals surface area (Å²) in [7, 11) is -2.56. The molecule has 8 heteroatoms. The molecule has 0 saturated carbocycles. The van der Waals surface area contributed by atoms with E-state index in [1.54, 1.807) is 19.1 Å². The number of ether oxygens (including phenoxy) is 1. The third-order valence-corrected chi connectivity index (χ3v) is 6.21. The minimum Gasteiger partial charge on any atom is -0.465 e. The van der Waals surface area contributed by atoms with Crippen LogP contribution in [0, 0.1) is 6.92 Å². The topological polar surface area (TPSA) is 89.7 Å². The second-order valence-corrected chi connectivity index (χ2v) is 7.89. The monoisotopic (exact) mass is 376 g/mol. The Morgan fingerprint density at radius 2 is 2.04 bits per heavy atom. The molecule has 0 aromatic heterocycles. The first-order valence-corrected chi connectivity index (χ1v) is 9.19. The molecule has 1 heterocycles. The van der Waals surface area contributed by atoms with Gasteiger partial charge in [0.15, 0.2) is 0 Å². The van der Waals surface area contributed by atoms with Crippen molar-refractivity contribution in [3.63, 3.8) is 0 Å². The van der Waals surface area contributed by atoms with Gasteiger partial charge in [0, 0.05) is 18.6 Å². The van der Waals surface area contributed by atoms with Crippen LogP contribution < -0.4 is 5.73 Å². The maximum absolute atomic E-state index is 13.1. The molecule has 1 aromatic carbocycles. The molecular formula is C16H25ClN2O4S. The second kappa shape index (κ2) is 8.29. The van der Waals surface area contributed by atoms with Gasteiger partial charge in [-0.15, -0.1) is 12.4 Å². The van der Waals surface area contributed by atoms with E-state index < -0.39 is 16.0 Å². The minimum absolute atomic E-state index is 0. The van der Waals surface area contributed by atoms with Crippen molar-refractivity contribution in [2.75, 3.05) is 13.7 Å². The first-order chi connectivity index (χ1) is 10.8. The molecule has 1 aromatic rings. The zero-order valence-corrected chi connectivity index (χ0v) is 15.8. The molecule has 0 aliphatic carbocycles. The third-order valence-electron chi connectivity index (χ3n) is 4.23. The zero-order chi connectivity index (χ0) is 17.2. The lowest BCUT2D eigenvalue weighted by molar-refractivity contribution is 0.0596. The van der Waals surface area contributed by atoms with Crippen molar-refractivity contribution in [2.45, 2.75) is 50.1 Å². The number of hydrogen-bond acceptors (Lipinski definition) is 5. The molecule has 6 nitrogen and oxygen atoms in total. The highest BCUT2D eigenvalue weighted by Crippen LogP contribution is 2.29. The number of sulfonamides is 1. The Morgan fingerprint density at radius 3 is 2.62 bits per heavy atom.